The number of benzene rings is 1. The van der Waals surface area contributed by atoms with Gasteiger partial charge in [0.15, 0.2) is 0 Å². The van der Waals surface area contributed by atoms with Crippen LogP contribution in [0, 0.1) is 5.92 Å². The average molecular weight is 261 g/mol. The first-order valence-electron chi connectivity index (χ1n) is 6.75. The lowest BCUT2D eigenvalue weighted by Gasteiger charge is -2.42. The van der Waals surface area contributed by atoms with Crippen LogP contribution in [0.1, 0.15) is 30.0 Å². The lowest BCUT2D eigenvalue weighted by molar-refractivity contribution is -0.0602. The molecule has 19 heavy (non-hydrogen) atoms. The highest BCUT2D eigenvalue weighted by molar-refractivity contribution is 5.75. The maximum absolute atomic E-state index is 11.7. The van der Waals surface area contributed by atoms with Crippen molar-refractivity contribution in [2.24, 2.45) is 11.7 Å². The summed E-state index contributed by atoms with van der Waals surface area (Å²) in [7, 11) is 0. The van der Waals surface area contributed by atoms with Gasteiger partial charge in [-0.1, -0.05) is 24.3 Å². The SMILES string of the molecule is NCc1cccc([C@@H]2NC(=O)N[C@H]3OCCC[C@H]32)c1. The summed E-state index contributed by atoms with van der Waals surface area (Å²) in [6, 6.07) is 7.95. The van der Waals surface area contributed by atoms with Crippen LogP contribution in [0.2, 0.25) is 0 Å². The van der Waals surface area contributed by atoms with Crippen LogP contribution in [-0.2, 0) is 11.3 Å². The molecule has 5 nitrogen and oxygen atoms in total. The first-order valence-corrected chi connectivity index (χ1v) is 6.75. The summed E-state index contributed by atoms with van der Waals surface area (Å²) in [6.07, 6.45) is 1.91. The second kappa shape index (κ2) is 5.19. The Morgan fingerprint density at radius 2 is 2.26 bits per heavy atom. The maximum Gasteiger partial charge on any atom is 0.317 e. The molecule has 0 aromatic heterocycles. The van der Waals surface area contributed by atoms with Gasteiger partial charge < -0.3 is 21.1 Å². The number of carbonyl (C=O) groups excluding carboxylic acids is 1. The number of carbonyl (C=O) groups is 1. The van der Waals surface area contributed by atoms with E-state index >= 15 is 0 Å². The number of hydrogen-bond acceptors (Lipinski definition) is 3. The number of nitrogens with two attached hydrogens (primary N) is 1. The smallest absolute Gasteiger partial charge is 0.317 e. The molecule has 0 spiro atoms. The van der Waals surface area contributed by atoms with E-state index in [1.54, 1.807) is 0 Å². The van der Waals surface area contributed by atoms with E-state index < -0.39 is 0 Å². The predicted molar refractivity (Wildman–Crippen MR) is 71.2 cm³/mol. The molecule has 1 aromatic carbocycles. The standard InChI is InChI=1S/C14H19N3O2/c15-8-9-3-1-4-10(7-9)12-11-5-2-6-19-13(11)17-14(18)16-12/h1,3-4,7,11-13H,2,5-6,8,15H2,(H2,16,17,18)/t11-,12-,13-/m0/s1. The van der Waals surface area contributed by atoms with Crippen molar-refractivity contribution in [1.82, 2.24) is 10.6 Å². The van der Waals surface area contributed by atoms with Gasteiger partial charge >= 0.3 is 6.03 Å². The van der Waals surface area contributed by atoms with Gasteiger partial charge in [-0.2, -0.15) is 0 Å². The number of urea groups is 1. The van der Waals surface area contributed by atoms with Crippen molar-refractivity contribution < 1.29 is 9.53 Å². The summed E-state index contributed by atoms with van der Waals surface area (Å²) in [5, 5.41) is 5.86. The van der Waals surface area contributed by atoms with E-state index in [-0.39, 0.29) is 24.2 Å². The lowest BCUT2D eigenvalue weighted by atomic mass is 9.85. The fourth-order valence-corrected chi connectivity index (χ4v) is 2.96. The van der Waals surface area contributed by atoms with Crippen LogP contribution in [0.4, 0.5) is 4.79 Å². The molecule has 0 saturated carbocycles. The largest absolute Gasteiger partial charge is 0.358 e. The molecule has 102 valence electrons. The third kappa shape index (κ3) is 2.43. The van der Waals surface area contributed by atoms with Crippen LogP contribution in [-0.4, -0.2) is 18.9 Å². The zero-order chi connectivity index (χ0) is 13.2. The predicted octanol–water partition coefficient (Wildman–Crippen LogP) is 1.25. The average Bonchev–Trinajstić information content (AvgIpc) is 2.46. The Balaban J connectivity index is 1.89. The highest BCUT2D eigenvalue weighted by atomic mass is 16.5. The van der Waals surface area contributed by atoms with E-state index in [0.29, 0.717) is 6.54 Å². The number of hydrogen-bond donors (Lipinski definition) is 3. The minimum atomic E-state index is -0.172. The lowest BCUT2D eigenvalue weighted by Crippen LogP contribution is -2.58. The Kier molecular flexibility index (Phi) is 3.40. The summed E-state index contributed by atoms with van der Waals surface area (Å²) in [5.74, 6) is 0.277. The number of rotatable bonds is 2. The van der Waals surface area contributed by atoms with Gasteiger partial charge in [0, 0.05) is 19.1 Å². The van der Waals surface area contributed by atoms with Crippen molar-refractivity contribution in [2.45, 2.75) is 31.7 Å². The number of amides is 2. The highest BCUT2D eigenvalue weighted by Gasteiger charge is 2.39. The first kappa shape index (κ1) is 12.4. The van der Waals surface area contributed by atoms with Gasteiger partial charge in [0.1, 0.15) is 6.23 Å². The third-order valence-electron chi connectivity index (χ3n) is 3.90. The molecule has 1 aromatic rings. The van der Waals surface area contributed by atoms with Gasteiger partial charge in [-0.15, -0.1) is 0 Å². The Labute approximate surface area is 112 Å². The van der Waals surface area contributed by atoms with Crippen LogP contribution in [0.25, 0.3) is 0 Å². The quantitative estimate of drug-likeness (QED) is 0.750. The fourth-order valence-electron chi connectivity index (χ4n) is 2.96. The molecule has 2 aliphatic rings. The maximum atomic E-state index is 11.7. The van der Waals surface area contributed by atoms with E-state index in [0.717, 1.165) is 30.6 Å². The van der Waals surface area contributed by atoms with Crippen LogP contribution >= 0.6 is 0 Å². The molecule has 2 fully saturated rings. The molecule has 0 bridgehead atoms. The summed E-state index contributed by atoms with van der Waals surface area (Å²) < 4.78 is 5.66. The minimum absolute atomic E-state index is 0.00514. The molecule has 2 amide bonds. The molecule has 2 saturated heterocycles. The number of ether oxygens (including phenoxy) is 1. The van der Waals surface area contributed by atoms with E-state index in [4.69, 9.17) is 10.5 Å². The Bertz CT molecular complexity index is 478. The summed E-state index contributed by atoms with van der Waals surface area (Å²) in [6.45, 7) is 1.23. The van der Waals surface area contributed by atoms with Crippen LogP contribution in [0.3, 0.4) is 0 Å². The minimum Gasteiger partial charge on any atom is -0.358 e. The van der Waals surface area contributed by atoms with Gasteiger partial charge in [0.25, 0.3) is 0 Å². The molecule has 0 radical (unpaired) electrons. The summed E-state index contributed by atoms with van der Waals surface area (Å²) in [4.78, 5) is 11.7. The van der Waals surface area contributed by atoms with Crippen LogP contribution in [0.15, 0.2) is 24.3 Å². The Morgan fingerprint density at radius 3 is 3.11 bits per heavy atom. The number of fused-ring (bicyclic) bond motifs is 1. The molecule has 2 aliphatic heterocycles. The van der Waals surface area contributed by atoms with E-state index in [1.807, 2.05) is 18.2 Å². The Hall–Kier alpha value is -1.59. The molecule has 3 rings (SSSR count). The molecular weight excluding hydrogens is 242 g/mol. The van der Waals surface area contributed by atoms with Gasteiger partial charge in [0.05, 0.1) is 6.04 Å². The van der Waals surface area contributed by atoms with Gasteiger partial charge in [-0.3, -0.25) is 0 Å². The molecule has 4 N–H and O–H groups in total. The van der Waals surface area contributed by atoms with Crippen molar-refractivity contribution in [3.8, 4) is 0 Å². The van der Waals surface area contributed by atoms with E-state index in [1.165, 1.54) is 0 Å². The zero-order valence-electron chi connectivity index (χ0n) is 10.8. The first-order chi connectivity index (χ1) is 9.28. The fraction of sp³-hybridized carbons (Fsp3) is 0.500. The molecule has 0 aliphatic carbocycles. The highest BCUT2D eigenvalue weighted by Crippen LogP contribution is 2.34. The van der Waals surface area contributed by atoms with Gasteiger partial charge in [-0.05, 0) is 24.0 Å². The molecule has 3 atom stereocenters. The molecule has 0 unspecified atom stereocenters. The molecule has 2 heterocycles. The molecule has 5 heteroatoms. The van der Waals surface area contributed by atoms with Crippen LogP contribution < -0.4 is 16.4 Å². The van der Waals surface area contributed by atoms with Gasteiger partial charge in [-0.25, -0.2) is 4.79 Å². The van der Waals surface area contributed by atoms with Crippen molar-refractivity contribution in [3.63, 3.8) is 0 Å². The van der Waals surface area contributed by atoms with Crippen molar-refractivity contribution in [3.05, 3.63) is 35.4 Å². The zero-order valence-corrected chi connectivity index (χ0v) is 10.8. The molecular formula is C14H19N3O2. The van der Waals surface area contributed by atoms with Gasteiger partial charge in [0.2, 0.25) is 0 Å². The summed E-state index contributed by atoms with van der Waals surface area (Å²) >= 11 is 0. The van der Waals surface area contributed by atoms with Crippen molar-refractivity contribution >= 4 is 6.03 Å². The Morgan fingerprint density at radius 1 is 1.37 bits per heavy atom. The third-order valence-corrected chi connectivity index (χ3v) is 3.90. The number of nitrogens with one attached hydrogen (secondary N) is 2. The van der Waals surface area contributed by atoms with Crippen molar-refractivity contribution in [2.75, 3.05) is 6.61 Å². The monoisotopic (exact) mass is 261 g/mol. The van der Waals surface area contributed by atoms with Crippen molar-refractivity contribution in [1.29, 1.82) is 0 Å². The second-order valence-electron chi connectivity index (χ2n) is 5.14. The second-order valence-corrected chi connectivity index (χ2v) is 5.14. The summed E-state index contributed by atoms with van der Waals surface area (Å²) in [5.41, 5.74) is 7.87. The van der Waals surface area contributed by atoms with E-state index in [2.05, 4.69) is 16.7 Å². The van der Waals surface area contributed by atoms with Crippen LogP contribution in [0.5, 0.6) is 0 Å². The topological polar surface area (TPSA) is 76.4 Å². The van der Waals surface area contributed by atoms with E-state index in [9.17, 15) is 4.79 Å². The normalized spacial score (nSPS) is 30.2.